The van der Waals surface area contributed by atoms with Gasteiger partial charge in [-0.25, -0.2) is 0 Å². The lowest BCUT2D eigenvalue weighted by Gasteiger charge is -2.32. The number of carbonyl (C=O) groups is 1. The molecule has 2 N–H and O–H groups in total. The van der Waals surface area contributed by atoms with Gasteiger partial charge in [-0.1, -0.05) is 18.9 Å². The van der Waals surface area contributed by atoms with E-state index in [0.717, 1.165) is 23.6 Å². The van der Waals surface area contributed by atoms with Crippen molar-refractivity contribution in [2.75, 3.05) is 12.3 Å². The van der Waals surface area contributed by atoms with Crippen LogP contribution < -0.4 is 5.73 Å². The van der Waals surface area contributed by atoms with Crippen molar-refractivity contribution in [1.29, 1.82) is 0 Å². The van der Waals surface area contributed by atoms with Gasteiger partial charge in [-0.05, 0) is 49.8 Å². The molecule has 3 rings (SSSR count). The van der Waals surface area contributed by atoms with Gasteiger partial charge in [0.1, 0.15) is 0 Å². The quantitative estimate of drug-likeness (QED) is 0.787. The number of carbonyl (C=O) groups excluding carboxylic acids is 1. The number of amides is 1. The van der Waals surface area contributed by atoms with E-state index in [4.69, 9.17) is 5.73 Å². The van der Waals surface area contributed by atoms with Crippen LogP contribution in [0.3, 0.4) is 0 Å². The number of benzene rings is 1. The molecule has 3 nitrogen and oxygen atoms in total. The van der Waals surface area contributed by atoms with Crippen molar-refractivity contribution in [2.45, 2.75) is 45.1 Å². The highest BCUT2D eigenvalue weighted by atomic mass is 16.2. The maximum absolute atomic E-state index is 12.7. The molecule has 1 aliphatic heterocycles. The number of nitrogens with two attached hydrogens (primary N) is 1. The molecule has 2 fully saturated rings. The van der Waals surface area contributed by atoms with E-state index < -0.39 is 0 Å². The van der Waals surface area contributed by atoms with Gasteiger partial charge in [-0.15, -0.1) is 0 Å². The van der Waals surface area contributed by atoms with E-state index in [9.17, 15) is 4.79 Å². The Hall–Kier alpha value is -1.51. The first kappa shape index (κ1) is 12.5. The summed E-state index contributed by atoms with van der Waals surface area (Å²) >= 11 is 0. The Labute approximate surface area is 114 Å². The molecule has 0 spiro atoms. The van der Waals surface area contributed by atoms with E-state index >= 15 is 0 Å². The fourth-order valence-corrected chi connectivity index (χ4v) is 3.68. The number of hydrogen-bond acceptors (Lipinski definition) is 2. The predicted octanol–water partition coefficient (Wildman–Crippen LogP) is 2.98. The van der Waals surface area contributed by atoms with Crippen molar-refractivity contribution in [1.82, 2.24) is 4.90 Å². The molecule has 102 valence electrons. The van der Waals surface area contributed by atoms with E-state index in [1.807, 2.05) is 25.1 Å². The molecule has 1 amide bonds. The van der Waals surface area contributed by atoms with E-state index in [1.165, 1.54) is 32.1 Å². The highest BCUT2D eigenvalue weighted by Gasteiger charge is 2.38. The first-order valence-electron chi connectivity index (χ1n) is 7.34. The molecule has 3 heteroatoms. The molecule has 1 saturated heterocycles. The summed E-state index contributed by atoms with van der Waals surface area (Å²) < 4.78 is 0. The van der Waals surface area contributed by atoms with Crippen LogP contribution in [0.5, 0.6) is 0 Å². The van der Waals surface area contributed by atoms with Crippen LogP contribution >= 0.6 is 0 Å². The van der Waals surface area contributed by atoms with Crippen molar-refractivity contribution in [3.8, 4) is 0 Å². The molecular weight excluding hydrogens is 236 g/mol. The number of anilines is 1. The largest absolute Gasteiger partial charge is 0.399 e. The van der Waals surface area contributed by atoms with Gasteiger partial charge in [-0.3, -0.25) is 4.79 Å². The minimum absolute atomic E-state index is 0.180. The summed E-state index contributed by atoms with van der Waals surface area (Å²) in [7, 11) is 0. The number of nitrogen functional groups attached to an aromatic ring is 1. The second-order valence-corrected chi connectivity index (χ2v) is 5.97. The highest BCUT2D eigenvalue weighted by molar-refractivity contribution is 5.96. The molecule has 1 aliphatic carbocycles. The van der Waals surface area contributed by atoms with Crippen LogP contribution in [-0.4, -0.2) is 23.4 Å². The van der Waals surface area contributed by atoms with Crippen LogP contribution in [0.2, 0.25) is 0 Å². The van der Waals surface area contributed by atoms with E-state index in [0.29, 0.717) is 11.7 Å². The maximum Gasteiger partial charge on any atom is 0.254 e. The topological polar surface area (TPSA) is 46.3 Å². The minimum atomic E-state index is 0.180. The van der Waals surface area contributed by atoms with Gasteiger partial charge in [0.05, 0.1) is 0 Å². The molecule has 0 radical (unpaired) electrons. The van der Waals surface area contributed by atoms with Crippen molar-refractivity contribution < 1.29 is 4.79 Å². The van der Waals surface area contributed by atoms with Gasteiger partial charge in [0.2, 0.25) is 0 Å². The molecule has 1 aromatic carbocycles. The molecule has 2 unspecified atom stereocenters. The number of fused-ring (bicyclic) bond motifs is 1. The fraction of sp³-hybridized carbons (Fsp3) is 0.562. The van der Waals surface area contributed by atoms with Gasteiger partial charge >= 0.3 is 0 Å². The third-order valence-corrected chi connectivity index (χ3v) is 4.76. The van der Waals surface area contributed by atoms with Crippen molar-refractivity contribution >= 4 is 11.6 Å². The Balaban J connectivity index is 1.85. The fourth-order valence-electron chi connectivity index (χ4n) is 3.68. The lowest BCUT2D eigenvalue weighted by Crippen LogP contribution is -2.39. The number of rotatable bonds is 1. The van der Waals surface area contributed by atoms with Crippen LogP contribution in [0, 0.1) is 12.8 Å². The standard InChI is InChI=1S/C16H22N2O/c1-11-6-7-13(17)10-14(11)16(19)18-9-8-12-4-2-3-5-15(12)18/h6-7,10,12,15H,2-5,8-9,17H2,1H3. The average molecular weight is 258 g/mol. The molecule has 2 atom stereocenters. The Kier molecular flexibility index (Phi) is 3.21. The van der Waals surface area contributed by atoms with Gasteiger partial charge in [0.25, 0.3) is 5.91 Å². The lowest BCUT2D eigenvalue weighted by molar-refractivity contribution is 0.0689. The normalized spacial score (nSPS) is 26.3. The Morgan fingerprint density at radius 3 is 2.89 bits per heavy atom. The molecule has 0 bridgehead atoms. The summed E-state index contributed by atoms with van der Waals surface area (Å²) in [4.78, 5) is 14.8. The summed E-state index contributed by atoms with van der Waals surface area (Å²) in [5, 5.41) is 0. The van der Waals surface area contributed by atoms with Crippen LogP contribution in [0.1, 0.15) is 48.0 Å². The second-order valence-electron chi connectivity index (χ2n) is 5.97. The first-order chi connectivity index (χ1) is 9.16. The predicted molar refractivity (Wildman–Crippen MR) is 77.0 cm³/mol. The van der Waals surface area contributed by atoms with Gasteiger partial charge in [0.15, 0.2) is 0 Å². The Morgan fingerprint density at radius 2 is 2.05 bits per heavy atom. The number of hydrogen-bond donors (Lipinski definition) is 1. The molecule has 1 saturated carbocycles. The lowest BCUT2D eigenvalue weighted by atomic mass is 9.85. The van der Waals surface area contributed by atoms with E-state index in [1.54, 1.807) is 0 Å². The number of likely N-dealkylation sites (tertiary alicyclic amines) is 1. The van der Waals surface area contributed by atoms with Gasteiger partial charge in [-0.2, -0.15) is 0 Å². The summed E-state index contributed by atoms with van der Waals surface area (Å²) in [6.07, 6.45) is 6.25. The molecule has 1 heterocycles. The van der Waals surface area contributed by atoms with Crippen LogP contribution in [0.4, 0.5) is 5.69 Å². The summed E-state index contributed by atoms with van der Waals surface area (Å²) in [5.74, 6) is 0.915. The summed E-state index contributed by atoms with van der Waals surface area (Å²) in [5.41, 5.74) is 8.31. The van der Waals surface area contributed by atoms with Gasteiger partial charge < -0.3 is 10.6 Å². The second kappa shape index (κ2) is 4.87. The zero-order valence-electron chi connectivity index (χ0n) is 11.6. The molecule has 0 aromatic heterocycles. The molecule has 2 aliphatic rings. The summed E-state index contributed by atoms with van der Waals surface area (Å²) in [6.45, 7) is 2.91. The monoisotopic (exact) mass is 258 g/mol. The highest BCUT2D eigenvalue weighted by Crippen LogP contribution is 2.37. The van der Waals surface area contributed by atoms with Crippen LogP contribution in [0.25, 0.3) is 0 Å². The third kappa shape index (κ3) is 2.22. The van der Waals surface area contributed by atoms with E-state index in [-0.39, 0.29) is 5.91 Å². The molecule has 1 aromatic rings. The van der Waals surface area contributed by atoms with E-state index in [2.05, 4.69) is 4.90 Å². The molecule has 19 heavy (non-hydrogen) atoms. The zero-order chi connectivity index (χ0) is 13.4. The maximum atomic E-state index is 12.7. The molecular formula is C16H22N2O. The van der Waals surface area contributed by atoms with Crippen molar-refractivity contribution in [2.24, 2.45) is 5.92 Å². The summed E-state index contributed by atoms with van der Waals surface area (Å²) in [6, 6.07) is 6.10. The Bertz CT molecular complexity index is 498. The van der Waals surface area contributed by atoms with Crippen molar-refractivity contribution in [3.05, 3.63) is 29.3 Å². The first-order valence-corrected chi connectivity index (χ1v) is 7.34. The smallest absolute Gasteiger partial charge is 0.254 e. The SMILES string of the molecule is Cc1ccc(N)cc1C(=O)N1CCC2CCCCC21. The Morgan fingerprint density at radius 1 is 1.26 bits per heavy atom. The minimum Gasteiger partial charge on any atom is -0.399 e. The number of aryl methyl sites for hydroxylation is 1. The number of nitrogens with zero attached hydrogens (tertiary/aromatic N) is 1. The third-order valence-electron chi connectivity index (χ3n) is 4.76. The van der Waals surface area contributed by atoms with Crippen molar-refractivity contribution in [3.63, 3.8) is 0 Å². The van der Waals surface area contributed by atoms with Crippen LogP contribution in [0.15, 0.2) is 18.2 Å². The van der Waals surface area contributed by atoms with Gasteiger partial charge in [0, 0.05) is 23.8 Å². The zero-order valence-corrected chi connectivity index (χ0v) is 11.6. The average Bonchev–Trinajstić information content (AvgIpc) is 2.84. The van der Waals surface area contributed by atoms with Crippen LogP contribution in [-0.2, 0) is 0 Å².